The zero-order chi connectivity index (χ0) is 66.5. The van der Waals surface area contributed by atoms with Gasteiger partial charge < -0.3 is 45.1 Å². The predicted molar refractivity (Wildman–Crippen MR) is 389 cm³/mol. The van der Waals surface area contributed by atoms with Crippen LogP contribution in [0, 0.1) is 0 Å². The van der Waals surface area contributed by atoms with E-state index in [1.807, 2.05) is 6.08 Å². The summed E-state index contributed by atoms with van der Waals surface area (Å²) >= 11 is 0. The van der Waals surface area contributed by atoms with Crippen molar-refractivity contribution in [3.8, 4) is 0 Å². The lowest BCUT2D eigenvalue weighted by atomic mass is 9.99. The van der Waals surface area contributed by atoms with E-state index >= 15 is 0 Å². The molecule has 0 aromatic carbocycles. The predicted octanol–water partition coefficient (Wildman–Crippen LogP) is 21.9. The van der Waals surface area contributed by atoms with Gasteiger partial charge in [0.05, 0.1) is 32.0 Å². The van der Waals surface area contributed by atoms with Gasteiger partial charge in [0.15, 0.2) is 6.29 Å². The van der Waals surface area contributed by atoms with Crippen LogP contribution in [0.2, 0.25) is 0 Å². The Morgan fingerprint density at radius 3 is 1.04 bits per heavy atom. The van der Waals surface area contributed by atoms with Gasteiger partial charge in [0.1, 0.15) is 24.4 Å². The fraction of sp³-hybridized carbons (Fsp3) is 0.926. The van der Waals surface area contributed by atoms with Gasteiger partial charge in [0.25, 0.3) is 0 Å². The van der Waals surface area contributed by atoms with Crippen molar-refractivity contribution < 1.29 is 49.3 Å². The molecule has 1 heterocycles. The minimum atomic E-state index is -1.57. The number of esters is 1. The molecule has 1 amide bonds. The first-order chi connectivity index (χ1) is 45.2. The van der Waals surface area contributed by atoms with Crippen LogP contribution >= 0.6 is 0 Å². The molecule has 11 heteroatoms. The van der Waals surface area contributed by atoms with Gasteiger partial charge in [-0.3, -0.25) is 9.59 Å². The minimum Gasteiger partial charge on any atom is -0.466 e. The van der Waals surface area contributed by atoms with Gasteiger partial charge in [0.2, 0.25) is 5.91 Å². The van der Waals surface area contributed by atoms with Crippen molar-refractivity contribution >= 4 is 11.9 Å². The van der Waals surface area contributed by atoms with Crippen molar-refractivity contribution in [3.05, 3.63) is 24.3 Å². The summed E-state index contributed by atoms with van der Waals surface area (Å²) in [4.78, 5) is 25.2. The lowest BCUT2D eigenvalue weighted by Gasteiger charge is -2.40. The zero-order valence-electron chi connectivity index (χ0n) is 60.8. The number of nitrogens with one attached hydrogen (secondary N) is 1. The maximum Gasteiger partial charge on any atom is 0.305 e. The Bertz CT molecular complexity index is 1580. The number of allylic oxidation sites excluding steroid dienone is 3. The molecule has 0 aliphatic carbocycles. The Labute approximate surface area is 569 Å². The first-order valence-electron chi connectivity index (χ1n) is 40.6. The third-order valence-corrected chi connectivity index (χ3v) is 19.6. The third kappa shape index (κ3) is 58.3. The van der Waals surface area contributed by atoms with Gasteiger partial charge in [-0.1, -0.05) is 372 Å². The maximum atomic E-state index is 13.0. The summed E-state index contributed by atoms with van der Waals surface area (Å²) in [6, 6.07) is -0.804. The molecule has 7 atom stereocenters. The number of aliphatic hydroxyl groups is 5. The van der Waals surface area contributed by atoms with Crippen LogP contribution in [0.4, 0.5) is 0 Å². The summed E-state index contributed by atoms with van der Waals surface area (Å²) in [6.07, 6.45) is 80.9. The lowest BCUT2D eigenvalue weighted by molar-refractivity contribution is -0.302. The molecule has 0 aromatic heterocycles. The summed E-state index contributed by atoms with van der Waals surface area (Å²) in [6.45, 7) is 4.38. The number of rotatable bonds is 73. The molecule has 6 N–H and O–H groups in total. The number of unbranched alkanes of at least 4 members (excludes halogenated alkanes) is 57. The standard InChI is InChI=1S/C81H155NO10/c1-3-5-7-9-11-13-15-16-17-39-43-46-49-53-57-61-65-69-77(86)90-70-66-62-58-54-50-47-44-41-38-36-34-32-30-28-26-24-22-20-18-19-21-23-25-27-29-31-33-35-37-40-42-45-48-52-56-60-64-68-76(85)82-73(72-91-81-80(89)79(88)78(87)75(71-83)92-81)74(84)67-63-59-55-51-14-12-10-8-6-4-2/h16-17,63,67,73-75,78-81,83-84,87-89H,3-15,18-62,64-66,68-72H2,1-2H3,(H,82,85)/b17-16-,67-63+. The molecule has 1 aliphatic rings. The Morgan fingerprint density at radius 1 is 0.391 bits per heavy atom. The van der Waals surface area contributed by atoms with Crippen molar-refractivity contribution in [2.45, 2.75) is 461 Å². The quantitative estimate of drug-likeness (QED) is 0.0195. The number of hydrogen-bond donors (Lipinski definition) is 6. The SMILES string of the molecule is CCCCCCCC/C=C\CCCCCCCCCC(=O)OCCCCCCCCCCCCCCCCCCCCCCCCCCCCCCCCCCCCCCCC(=O)NC(COC1OC(CO)C(O)C(O)C1O)C(O)/C=C/CCCCCCCCCC. The van der Waals surface area contributed by atoms with E-state index in [0.29, 0.717) is 19.4 Å². The smallest absolute Gasteiger partial charge is 0.305 e. The number of carbonyl (C=O) groups excluding carboxylic acids is 2. The fourth-order valence-corrected chi connectivity index (χ4v) is 13.2. The summed E-state index contributed by atoms with van der Waals surface area (Å²) < 4.78 is 16.8. The second kappa shape index (κ2) is 70.5. The highest BCUT2D eigenvalue weighted by Gasteiger charge is 2.44. The highest BCUT2D eigenvalue weighted by Crippen LogP contribution is 2.24. The van der Waals surface area contributed by atoms with Gasteiger partial charge in [-0.05, 0) is 57.8 Å². The van der Waals surface area contributed by atoms with E-state index < -0.39 is 49.5 Å². The Morgan fingerprint density at radius 2 is 0.696 bits per heavy atom. The molecule has 0 spiro atoms. The van der Waals surface area contributed by atoms with Gasteiger partial charge in [0, 0.05) is 12.8 Å². The molecule has 1 rings (SSSR count). The van der Waals surface area contributed by atoms with E-state index in [0.717, 1.165) is 57.8 Å². The topological polar surface area (TPSA) is 175 Å². The molecule has 544 valence electrons. The summed E-state index contributed by atoms with van der Waals surface area (Å²) in [7, 11) is 0. The number of ether oxygens (including phenoxy) is 3. The van der Waals surface area contributed by atoms with Crippen LogP contribution in [-0.2, 0) is 23.8 Å². The average molecular weight is 1300 g/mol. The van der Waals surface area contributed by atoms with E-state index in [9.17, 15) is 35.1 Å². The third-order valence-electron chi connectivity index (χ3n) is 19.6. The molecular formula is C81H155NO10. The van der Waals surface area contributed by atoms with Crippen LogP contribution in [0.5, 0.6) is 0 Å². The van der Waals surface area contributed by atoms with E-state index in [2.05, 4.69) is 31.3 Å². The highest BCUT2D eigenvalue weighted by atomic mass is 16.7. The summed E-state index contributed by atoms with van der Waals surface area (Å²) in [5, 5.41) is 54.4. The lowest BCUT2D eigenvalue weighted by Crippen LogP contribution is -2.60. The largest absolute Gasteiger partial charge is 0.466 e. The number of aliphatic hydroxyl groups excluding tert-OH is 5. The molecule has 0 radical (unpaired) electrons. The first-order valence-corrected chi connectivity index (χ1v) is 40.6. The minimum absolute atomic E-state index is 0.0147. The van der Waals surface area contributed by atoms with Crippen LogP contribution in [0.1, 0.15) is 418 Å². The van der Waals surface area contributed by atoms with E-state index in [1.165, 1.54) is 334 Å². The summed E-state index contributed by atoms with van der Waals surface area (Å²) in [5.74, 6) is -0.160. The molecule has 1 aliphatic heterocycles. The van der Waals surface area contributed by atoms with Gasteiger partial charge >= 0.3 is 5.97 Å². The molecule has 1 fully saturated rings. The monoisotopic (exact) mass is 1300 g/mol. The number of amides is 1. The number of carbonyl (C=O) groups is 2. The average Bonchev–Trinajstić information content (AvgIpc) is 0.954. The second-order valence-corrected chi connectivity index (χ2v) is 28.5. The summed E-state index contributed by atoms with van der Waals surface area (Å²) in [5.41, 5.74) is 0. The van der Waals surface area contributed by atoms with Gasteiger partial charge in [-0.25, -0.2) is 0 Å². The molecular weight excluding hydrogens is 1150 g/mol. The molecule has 92 heavy (non-hydrogen) atoms. The van der Waals surface area contributed by atoms with Crippen LogP contribution in [0.25, 0.3) is 0 Å². The highest BCUT2D eigenvalue weighted by molar-refractivity contribution is 5.76. The molecule has 0 saturated carbocycles. The van der Waals surface area contributed by atoms with E-state index in [4.69, 9.17) is 14.2 Å². The van der Waals surface area contributed by atoms with Crippen molar-refractivity contribution in [3.63, 3.8) is 0 Å². The Kier molecular flexibility index (Phi) is 67.5. The second-order valence-electron chi connectivity index (χ2n) is 28.5. The Hall–Kier alpha value is -1.86. The zero-order valence-corrected chi connectivity index (χ0v) is 60.8. The van der Waals surface area contributed by atoms with Crippen molar-refractivity contribution in [2.75, 3.05) is 19.8 Å². The van der Waals surface area contributed by atoms with Gasteiger partial charge in [-0.15, -0.1) is 0 Å². The van der Waals surface area contributed by atoms with Crippen LogP contribution < -0.4 is 5.32 Å². The van der Waals surface area contributed by atoms with E-state index in [1.54, 1.807) is 6.08 Å². The number of hydrogen-bond acceptors (Lipinski definition) is 10. The molecule has 0 bridgehead atoms. The van der Waals surface area contributed by atoms with Crippen molar-refractivity contribution in [1.82, 2.24) is 5.32 Å². The first kappa shape index (κ1) is 88.2. The normalized spacial score (nSPS) is 17.6. The van der Waals surface area contributed by atoms with Crippen molar-refractivity contribution in [2.24, 2.45) is 0 Å². The fourth-order valence-electron chi connectivity index (χ4n) is 13.2. The molecule has 11 nitrogen and oxygen atoms in total. The molecule has 1 saturated heterocycles. The molecule has 7 unspecified atom stereocenters. The van der Waals surface area contributed by atoms with E-state index in [-0.39, 0.29) is 18.5 Å². The van der Waals surface area contributed by atoms with Crippen LogP contribution in [0.15, 0.2) is 24.3 Å². The van der Waals surface area contributed by atoms with Crippen molar-refractivity contribution in [1.29, 1.82) is 0 Å². The van der Waals surface area contributed by atoms with Crippen LogP contribution in [0.3, 0.4) is 0 Å². The Balaban J connectivity index is 1.84. The van der Waals surface area contributed by atoms with Gasteiger partial charge in [-0.2, -0.15) is 0 Å². The molecule has 0 aromatic rings. The maximum absolute atomic E-state index is 13.0. The van der Waals surface area contributed by atoms with Crippen LogP contribution in [-0.4, -0.2) is 100 Å².